The van der Waals surface area contributed by atoms with Crippen molar-refractivity contribution in [3.05, 3.63) is 53.0 Å². The van der Waals surface area contributed by atoms with E-state index in [-0.39, 0.29) is 35.5 Å². The predicted octanol–water partition coefficient (Wildman–Crippen LogP) is 0.402. The second-order valence-corrected chi connectivity index (χ2v) is 8.09. The zero-order chi connectivity index (χ0) is 25.1. The second kappa shape index (κ2) is 9.79. The fraction of sp³-hybridized carbons (Fsp3) is 0.304. The summed E-state index contributed by atoms with van der Waals surface area (Å²) in [7, 11) is 0. The number of benzene rings is 1. The highest BCUT2D eigenvalue weighted by molar-refractivity contribution is 6.25. The number of hydrogen-bond acceptors (Lipinski definition) is 8. The molecule has 1 aromatic carbocycles. The van der Waals surface area contributed by atoms with Crippen LogP contribution in [0.5, 0.6) is 0 Å². The van der Waals surface area contributed by atoms with Gasteiger partial charge in [0, 0.05) is 25.2 Å². The van der Waals surface area contributed by atoms with Gasteiger partial charge in [0.1, 0.15) is 6.04 Å². The lowest BCUT2D eigenvalue weighted by Crippen LogP contribution is -2.54. The van der Waals surface area contributed by atoms with Gasteiger partial charge < -0.3 is 20.8 Å². The quantitative estimate of drug-likeness (QED) is 0.293. The molecule has 2 aromatic rings. The first-order chi connectivity index (χ1) is 16.8. The summed E-state index contributed by atoms with van der Waals surface area (Å²) in [5.41, 5.74) is 5.95. The van der Waals surface area contributed by atoms with Crippen molar-refractivity contribution in [2.24, 2.45) is 5.73 Å². The summed E-state index contributed by atoms with van der Waals surface area (Å²) in [6, 6.07) is 6.51. The largest absolute Gasteiger partial charge is 0.446 e. The Morgan fingerprint density at radius 3 is 2.49 bits per heavy atom. The molecule has 2 aliphatic heterocycles. The summed E-state index contributed by atoms with van der Waals surface area (Å²) in [4.78, 5) is 73.5. The van der Waals surface area contributed by atoms with E-state index in [1.54, 1.807) is 12.1 Å². The van der Waals surface area contributed by atoms with Gasteiger partial charge in [-0.15, -0.1) is 0 Å². The number of nitrogens with two attached hydrogens (primary N) is 1. The molecule has 182 valence electrons. The molecule has 0 spiro atoms. The number of unbranched alkanes of at least 4 members (excludes halogenated alkanes) is 1. The lowest BCUT2D eigenvalue weighted by molar-refractivity contribution is -0.136. The zero-order valence-corrected chi connectivity index (χ0v) is 18.6. The SMILES string of the molecule is NC(=O)c1ccc(C(=O)NCCCCNc2cccc3c2C(=O)N(C2CCC(=O)NC2=O)C3=O)o1. The van der Waals surface area contributed by atoms with Crippen LogP contribution in [-0.4, -0.2) is 59.5 Å². The molecule has 0 saturated carbocycles. The van der Waals surface area contributed by atoms with Gasteiger partial charge in [0.15, 0.2) is 11.5 Å². The Morgan fingerprint density at radius 2 is 1.77 bits per heavy atom. The lowest BCUT2D eigenvalue weighted by atomic mass is 10.0. The third kappa shape index (κ3) is 4.76. The summed E-state index contributed by atoms with van der Waals surface area (Å²) in [6.07, 6.45) is 1.38. The second-order valence-electron chi connectivity index (χ2n) is 8.09. The van der Waals surface area contributed by atoms with Crippen LogP contribution in [0.3, 0.4) is 0 Å². The van der Waals surface area contributed by atoms with E-state index in [0.717, 1.165) is 4.90 Å². The lowest BCUT2D eigenvalue weighted by Gasteiger charge is -2.27. The molecule has 2 aliphatic rings. The van der Waals surface area contributed by atoms with Gasteiger partial charge in [-0.2, -0.15) is 0 Å². The number of imide groups is 2. The highest BCUT2D eigenvalue weighted by Crippen LogP contribution is 2.32. The van der Waals surface area contributed by atoms with E-state index in [4.69, 9.17) is 10.2 Å². The monoisotopic (exact) mass is 481 g/mol. The van der Waals surface area contributed by atoms with Gasteiger partial charge in [0.2, 0.25) is 11.8 Å². The maximum absolute atomic E-state index is 13.1. The van der Waals surface area contributed by atoms with E-state index in [2.05, 4.69) is 16.0 Å². The number of carbonyl (C=O) groups excluding carboxylic acids is 6. The number of carbonyl (C=O) groups is 6. The average molecular weight is 481 g/mol. The Bertz CT molecular complexity index is 1230. The first-order valence-electron chi connectivity index (χ1n) is 11.0. The van der Waals surface area contributed by atoms with E-state index >= 15 is 0 Å². The fourth-order valence-electron chi connectivity index (χ4n) is 4.02. The fourth-order valence-corrected chi connectivity index (χ4v) is 4.02. The number of piperidine rings is 1. The molecule has 35 heavy (non-hydrogen) atoms. The molecule has 0 aliphatic carbocycles. The molecule has 4 rings (SSSR count). The zero-order valence-electron chi connectivity index (χ0n) is 18.6. The van der Waals surface area contributed by atoms with Gasteiger partial charge in [-0.05, 0) is 43.5 Å². The Kier molecular flexibility index (Phi) is 6.62. The van der Waals surface area contributed by atoms with Gasteiger partial charge in [-0.3, -0.25) is 39.0 Å². The average Bonchev–Trinajstić information content (AvgIpc) is 3.41. The van der Waals surface area contributed by atoms with Crippen LogP contribution >= 0.6 is 0 Å². The van der Waals surface area contributed by atoms with E-state index in [0.29, 0.717) is 31.6 Å². The smallest absolute Gasteiger partial charge is 0.287 e. The van der Waals surface area contributed by atoms with Gasteiger partial charge in [0.25, 0.3) is 23.6 Å². The van der Waals surface area contributed by atoms with Gasteiger partial charge >= 0.3 is 0 Å². The molecule has 12 heteroatoms. The van der Waals surface area contributed by atoms with Gasteiger partial charge in [0.05, 0.1) is 11.1 Å². The van der Waals surface area contributed by atoms with Crippen molar-refractivity contribution in [3.8, 4) is 0 Å². The maximum atomic E-state index is 13.1. The number of anilines is 1. The minimum Gasteiger partial charge on any atom is -0.446 e. The van der Waals surface area contributed by atoms with Crippen LogP contribution in [0.15, 0.2) is 34.7 Å². The molecule has 1 atom stereocenters. The van der Waals surface area contributed by atoms with Crippen LogP contribution in [0, 0.1) is 0 Å². The summed E-state index contributed by atoms with van der Waals surface area (Å²) < 4.78 is 5.06. The molecule has 1 unspecified atom stereocenters. The standard InChI is InChI=1S/C23H23N5O7/c24-19(30)15-7-8-16(35-15)21(32)26-11-2-1-10-25-13-5-3-4-12-18(13)23(34)28(22(12)33)14-6-9-17(29)27-20(14)31/h3-5,7-8,14,25H,1-2,6,9-11H2,(H2,24,30)(H,26,32)(H,27,29,31). The van der Waals surface area contributed by atoms with E-state index < -0.39 is 41.5 Å². The number of hydrogen-bond donors (Lipinski definition) is 4. The summed E-state index contributed by atoms with van der Waals surface area (Å²) in [5, 5.41) is 7.98. The highest BCUT2D eigenvalue weighted by Gasteiger charge is 2.45. The third-order valence-electron chi connectivity index (χ3n) is 5.75. The van der Waals surface area contributed by atoms with Crippen molar-refractivity contribution >= 4 is 41.1 Å². The van der Waals surface area contributed by atoms with E-state index in [9.17, 15) is 28.8 Å². The third-order valence-corrected chi connectivity index (χ3v) is 5.75. The van der Waals surface area contributed by atoms with Crippen LogP contribution in [0.1, 0.15) is 67.5 Å². The topological polar surface area (TPSA) is 181 Å². The van der Waals surface area contributed by atoms with Crippen molar-refractivity contribution in [2.45, 2.75) is 31.7 Å². The van der Waals surface area contributed by atoms with Crippen LogP contribution in [0.2, 0.25) is 0 Å². The molecule has 5 N–H and O–H groups in total. The number of nitrogens with zero attached hydrogens (tertiary/aromatic N) is 1. The number of fused-ring (bicyclic) bond motifs is 1. The van der Waals surface area contributed by atoms with Crippen LogP contribution in [-0.2, 0) is 9.59 Å². The van der Waals surface area contributed by atoms with Gasteiger partial charge in [-0.1, -0.05) is 6.07 Å². The van der Waals surface area contributed by atoms with Crippen LogP contribution in [0.4, 0.5) is 5.69 Å². The predicted molar refractivity (Wildman–Crippen MR) is 120 cm³/mol. The number of furan rings is 1. The molecule has 6 amide bonds. The molecule has 12 nitrogen and oxygen atoms in total. The number of amides is 6. The Hall–Kier alpha value is -4.48. The molecule has 3 heterocycles. The molecule has 0 bridgehead atoms. The van der Waals surface area contributed by atoms with Gasteiger partial charge in [-0.25, -0.2) is 0 Å². The van der Waals surface area contributed by atoms with Crippen molar-refractivity contribution < 1.29 is 33.2 Å². The minimum atomic E-state index is -1.02. The number of nitrogens with one attached hydrogen (secondary N) is 3. The maximum Gasteiger partial charge on any atom is 0.287 e. The molecule has 1 aromatic heterocycles. The van der Waals surface area contributed by atoms with Crippen molar-refractivity contribution in [3.63, 3.8) is 0 Å². The minimum absolute atomic E-state index is 0.0134. The molecule has 0 radical (unpaired) electrons. The Labute approximate surface area is 199 Å². The first-order valence-corrected chi connectivity index (χ1v) is 11.0. The van der Waals surface area contributed by atoms with Crippen molar-refractivity contribution in [1.82, 2.24) is 15.5 Å². The normalized spacial score (nSPS) is 17.3. The Morgan fingerprint density at radius 1 is 1.03 bits per heavy atom. The van der Waals surface area contributed by atoms with E-state index in [1.165, 1.54) is 18.2 Å². The summed E-state index contributed by atoms with van der Waals surface area (Å²) in [6.45, 7) is 0.805. The summed E-state index contributed by atoms with van der Waals surface area (Å²) >= 11 is 0. The Balaban J connectivity index is 1.29. The van der Waals surface area contributed by atoms with Crippen LogP contribution < -0.4 is 21.7 Å². The highest BCUT2D eigenvalue weighted by atomic mass is 16.4. The van der Waals surface area contributed by atoms with Crippen LogP contribution in [0.25, 0.3) is 0 Å². The molecule has 1 saturated heterocycles. The van der Waals surface area contributed by atoms with Crippen molar-refractivity contribution in [1.29, 1.82) is 0 Å². The molecular formula is C23H23N5O7. The summed E-state index contributed by atoms with van der Waals surface area (Å²) in [5.74, 6) is -3.58. The first kappa shape index (κ1) is 23.7. The number of primary amides is 1. The number of rotatable bonds is 9. The van der Waals surface area contributed by atoms with E-state index in [1.807, 2.05) is 0 Å². The molecular weight excluding hydrogens is 458 g/mol. The molecule has 1 fully saturated rings. The van der Waals surface area contributed by atoms with Crippen molar-refractivity contribution in [2.75, 3.05) is 18.4 Å².